The lowest BCUT2D eigenvalue weighted by molar-refractivity contribution is -0.153. The zero-order valence-corrected chi connectivity index (χ0v) is 13.5. The molecule has 2 nitrogen and oxygen atoms in total. The van der Waals surface area contributed by atoms with Gasteiger partial charge in [-0.3, -0.25) is 9.59 Å². The predicted molar refractivity (Wildman–Crippen MR) is 81.7 cm³/mol. The van der Waals surface area contributed by atoms with E-state index in [-0.39, 0.29) is 17.0 Å². The van der Waals surface area contributed by atoms with E-state index >= 15 is 0 Å². The summed E-state index contributed by atoms with van der Waals surface area (Å²) in [6, 6.07) is 0. The summed E-state index contributed by atoms with van der Waals surface area (Å²) in [6.45, 7) is 4.86. The van der Waals surface area contributed by atoms with Gasteiger partial charge in [-0.2, -0.15) is 0 Å². The van der Waals surface area contributed by atoms with E-state index in [0.29, 0.717) is 30.1 Å². The Kier molecular flexibility index (Phi) is 2.94. The van der Waals surface area contributed by atoms with Gasteiger partial charge in [0.1, 0.15) is 0 Å². The van der Waals surface area contributed by atoms with Crippen molar-refractivity contribution in [3.8, 4) is 0 Å². The number of carbonyl (C=O) groups is 2. The number of ketones is 2. The Balaban J connectivity index is 1.66. The first-order valence-electron chi connectivity index (χ1n) is 9.00. The van der Waals surface area contributed by atoms with Gasteiger partial charge in [0.2, 0.25) is 0 Å². The number of rotatable bonds is 0. The van der Waals surface area contributed by atoms with Crippen molar-refractivity contribution < 1.29 is 9.59 Å². The fraction of sp³-hybridized carbons (Fsp3) is 0.895. The zero-order valence-electron chi connectivity index (χ0n) is 13.5. The quantitative estimate of drug-likeness (QED) is 0.627. The van der Waals surface area contributed by atoms with Gasteiger partial charge in [-0.15, -0.1) is 0 Å². The molecule has 0 aromatic heterocycles. The van der Waals surface area contributed by atoms with Crippen LogP contribution in [0.3, 0.4) is 0 Å². The van der Waals surface area contributed by atoms with Crippen LogP contribution in [0.25, 0.3) is 0 Å². The van der Waals surface area contributed by atoms with Crippen LogP contribution >= 0.6 is 0 Å². The van der Waals surface area contributed by atoms with E-state index in [1.165, 1.54) is 44.9 Å². The van der Waals surface area contributed by atoms with Gasteiger partial charge in [-0.25, -0.2) is 0 Å². The molecule has 21 heavy (non-hydrogen) atoms. The molecule has 0 heterocycles. The number of carbonyl (C=O) groups excluding carboxylic acids is 2. The molecular formula is C19H28O2. The van der Waals surface area contributed by atoms with Crippen LogP contribution in [0.5, 0.6) is 0 Å². The first kappa shape index (κ1) is 14.0. The summed E-state index contributed by atoms with van der Waals surface area (Å²) in [5.41, 5.74) is 0.705. The Morgan fingerprint density at radius 3 is 2.52 bits per heavy atom. The fourth-order valence-electron chi connectivity index (χ4n) is 6.92. The number of Topliss-reactive ketones (excluding diaryl/α,β-unsaturated/α-hetero) is 2. The maximum atomic E-state index is 12.1. The van der Waals surface area contributed by atoms with Gasteiger partial charge >= 0.3 is 0 Å². The molecule has 4 rings (SSSR count). The molecule has 0 radical (unpaired) electrons. The molecular weight excluding hydrogens is 260 g/mol. The van der Waals surface area contributed by atoms with Crippen LogP contribution in [0, 0.1) is 34.5 Å². The van der Waals surface area contributed by atoms with Gasteiger partial charge in [0.25, 0.3) is 0 Å². The second-order valence-electron chi connectivity index (χ2n) is 8.97. The van der Waals surface area contributed by atoms with Crippen molar-refractivity contribution in [2.75, 3.05) is 0 Å². The molecule has 0 saturated heterocycles. The van der Waals surface area contributed by atoms with Crippen molar-refractivity contribution in [1.29, 1.82) is 0 Å². The summed E-state index contributed by atoms with van der Waals surface area (Å²) >= 11 is 0. The summed E-state index contributed by atoms with van der Waals surface area (Å²) in [4.78, 5) is 23.9. The maximum Gasteiger partial charge on any atom is 0.198 e. The average Bonchev–Trinajstić information content (AvgIpc) is 2.82. The molecule has 0 amide bonds. The largest absolute Gasteiger partial charge is 0.291 e. The Morgan fingerprint density at radius 1 is 0.905 bits per heavy atom. The van der Waals surface area contributed by atoms with E-state index in [1.54, 1.807) is 0 Å². The Bertz CT molecular complexity index is 496. The lowest BCUT2D eigenvalue weighted by atomic mass is 9.45. The highest BCUT2D eigenvalue weighted by molar-refractivity contribution is 6.38. The first-order chi connectivity index (χ1) is 9.94. The molecule has 1 unspecified atom stereocenters. The van der Waals surface area contributed by atoms with Crippen LogP contribution in [0.4, 0.5) is 0 Å². The average molecular weight is 288 g/mol. The van der Waals surface area contributed by atoms with Crippen molar-refractivity contribution in [3.05, 3.63) is 0 Å². The highest BCUT2D eigenvalue weighted by atomic mass is 16.2. The molecule has 0 aliphatic heterocycles. The number of fused-ring (bicyclic) bond motifs is 5. The summed E-state index contributed by atoms with van der Waals surface area (Å²) < 4.78 is 0. The highest BCUT2D eigenvalue weighted by Gasteiger charge is 2.59. The van der Waals surface area contributed by atoms with Crippen molar-refractivity contribution in [2.45, 2.75) is 71.6 Å². The van der Waals surface area contributed by atoms with Gasteiger partial charge in [-0.1, -0.05) is 20.3 Å². The van der Waals surface area contributed by atoms with E-state index < -0.39 is 0 Å². The molecule has 0 aromatic carbocycles. The third kappa shape index (κ3) is 1.83. The molecule has 2 heteroatoms. The van der Waals surface area contributed by atoms with Crippen molar-refractivity contribution in [3.63, 3.8) is 0 Å². The number of hydrogen-bond donors (Lipinski definition) is 0. The van der Waals surface area contributed by atoms with Gasteiger partial charge in [-0.05, 0) is 73.0 Å². The van der Waals surface area contributed by atoms with Crippen LogP contribution in [0.1, 0.15) is 71.6 Å². The minimum absolute atomic E-state index is 0.0749. The fourth-order valence-corrected chi connectivity index (χ4v) is 6.92. The van der Waals surface area contributed by atoms with Crippen molar-refractivity contribution >= 4 is 11.6 Å². The lowest BCUT2D eigenvalue weighted by Gasteiger charge is -2.59. The minimum Gasteiger partial charge on any atom is -0.291 e. The van der Waals surface area contributed by atoms with Crippen LogP contribution in [-0.2, 0) is 9.59 Å². The van der Waals surface area contributed by atoms with Gasteiger partial charge < -0.3 is 0 Å². The van der Waals surface area contributed by atoms with E-state index in [4.69, 9.17) is 0 Å². The SMILES string of the molecule is C[C@@]12CCC[C@H]1[C@@H]1CCC3CC(=O)C(=O)C[C@]3(C)[C@H]1CC2. The van der Waals surface area contributed by atoms with E-state index in [1.807, 2.05) is 0 Å². The molecule has 0 aromatic rings. The third-order valence-electron chi connectivity index (χ3n) is 8.13. The normalized spacial score (nSPS) is 53.0. The van der Waals surface area contributed by atoms with Crippen LogP contribution in [0.15, 0.2) is 0 Å². The second kappa shape index (κ2) is 4.43. The Hall–Kier alpha value is -0.660. The molecule has 6 atom stereocenters. The monoisotopic (exact) mass is 288 g/mol. The molecule has 0 spiro atoms. The Labute approximate surface area is 128 Å². The van der Waals surface area contributed by atoms with E-state index in [0.717, 1.165) is 11.8 Å². The zero-order chi connectivity index (χ0) is 14.8. The van der Waals surface area contributed by atoms with Gasteiger partial charge in [0.15, 0.2) is 11.6 Å². The highest BCUT2D eigenvalue weighted by Crippen LogP contribution is 2.65. The summed E-state index contributed by atoms with van der Waals surface area (Å²) in [5, 5.41) is 0. The molecule has 4 aliphatic carbocycles. The molecule has 4 aliphatic rings. The smallest absolute Gasteiger partial charge is 0.198 e. The Morgan fingerprint density at radius 2 is 1.71 bits per heavy atom. The van der Waals surface area contributed by atoms with Crippen LogP contribution < -0.4 is 0 Å². The summed E-state index contributed by atoms with van der Waals surface area (Å²) in [7, 11) is 0. The predicted octanol–water partition coefficient (Wildman–Crippen LogP) is 4.17. The molecule has 0 N–H and O–H groups in total. The topological polar surface area (TPSA) is 34.1 Å². The standard InChI is InChI=1S/C19H28O2/c1-18-8-3-4-14(18)13-6-5-12-10-16(20)17(21)11-19(12,2)15(13)7-9-18/h12-15H,3-11H2,1-2H3/t12?,13-,14-,15-,18-,19-/m0/s1. The maximum absolute atomic E-state index is 12.1. The summed E-state index contributed by atoms with van der Waals surface area (Å²) in [5.74, 6) is 2.74. The minimum atomic E-state index is -0.0857. The number of hydrogen-bond acceptors (Lipinski definition) is 2. The van der Waals surface area contributed by atoms with Crippen molar-refractivity contribution in [1.82, 2.24) is 0 Å². The van der Waals surface area contributed by atoms with Crippen LogP contribution in [0.2, 0.25) is 0 Å². The van der Waals surface area contributed by atoms with Crippen molar-refractivity contribution in [2.24, 2.45) is 34.5 Å². The molecule has 116 valence electrons. The molecule has 0 bridgehead atoms. The summed E-state index contributed by atoms with van der Waals surface area (Å²) in [6.07, 6.45) is 10.5. The first-order valence-corrected chi connectivity index (χ1v) is 9.00. The molecule has 4 fully saturated rings. The third-order valence-corrected chi connectivity index (χ3v) is 8.13. The van der Waals surface area contributed by atoms with E-state index in [9.17, 15) is 9.59 Å². The van der Waals surface area contributed by atoms with Gasteiger partial charge in [0, 0.05) is 12.8 Å². The van der Waals surface area contributed by atoms with Crippen LogP contribution in [-0.4, -0.2) is 11.6 Å². The van der Waals surface area contributed by atoms with Gasteiger partial charge in [0.05, 0.1) is 0 Å². The van der Waals surface area contributed by atoms with E-state index in [2.05, 4.69) is 13.8 Å². The lowest BCUT2D eigenvalue weighted by Crippen LogP contribution is -2.54. The molecule has 4 saturated carbocycles. The second-order valence-corrected chi connectivity index (χ2v) is 8.97.